The van der Waals surface area contributed by atoms with Gasteiger partial charge in [-0.05, 0) is 32.0 Å². The third-order valence-electron chi connectivity index (χ3n) is 3.46. The van der Waals surface area contributed by atoms with Crippen molar-refractivity contribution in [1.29, 1.82) is 0 Å². The summed E-state index contributed by atoms with van der Waals surface area (Å²) in [5.74, 6) is 0.411. The highest BCUT2D eigenvalue weighted by molar-refractivity contribution is 6.03. The zero-order valence-corrected chi connectivity index (χ0v) is 13.5. The van der Waals surface area contributed by atoms with Crippen LogP contribution in [-0.4, -0.2) is 30.6 Å². The number of non-ortho nitro benzene ring substituents is 1. The van der Waals surface area contributed by atoms with E-state index in [0.29, 0.717) is 11.6 Å². The maximum atomic E-state index is 12.3. The number of hydrogen-bond acceptors (Lipinski definition) is 6. The van der Waals surface area contributed by atoms with Crippen LogP contribution in [0.15, 0.2) is 42.7 Å². The molecule has 0 fully saturated rings. The van der Waals surface area contributed by atoms with E-state index in [1.807, 2.05) is 19.9 Å². The summed E-state index contributed by atoms with van der Waals surface area (Å²) in [6.45, 7) is 3.78. The molecule has 1 amide bonds. The number of amides is 1. The fourth-order valence-corrected chi connectivity index (χ4v) is 2.32. The number of aryl methyl sites for hydroxylation is 2. The molecular weight excluding hydrogens is 324 g/mol. The fraction of sp³-hybridized carbons (Fsp3) is 0.125. The molecule has 9 heteroatoms. The number of rotatable bonds is 4. The zero-order valence-electron chi connectivity index (χ0n) is 13.5. The highest BCUT2D eigenvalue weighted by Gasteiger charge is 2.12. The van der Waals surface area contributed by atoms with E-state index in [4.69, 9.17) is 0 Å². The van der Waals surface area contributed by atoms with Crippen LogP contribution >= 0.6 is 0 Å². The maximum absolute atomic E-state index is 12.3. The molecule has 0 bridgehead atoms. The van der Waals surface area contributed by atoms with Crippen LogP contribution < -0.4 is 5.32 Å². The fourth-order valence-electron chi connectivity index (χ4n) is 2.32. The molecular formula is C16H14N6O3. The molecule has 9 nitrogen and oxygen atoms in total. The van der Waals surface area contributed by atoms with E-state index in [2.05, 4.69) is 20.4 Å². The number of benzene rings is 1. The molecule has 3 aromatic rings. The minimum Gasteiger partial charge on any atom is -0.306 e. The van der Waals surface area contributed by atoms with Crippen LogP contribution in [0.1, 0.15) is 21.7 Å². The van der Waals surface area contributed by atoms with Gasteiger partial charge in [0, 0.05) is 29.5 Å². The number of anilines is 1. The quantitative estimate of drug-likeness (QED) is 0.577. The molecule has 0 atom stereocenters. The van der Waals surface area contributed by atoms with Gasteiger partial charge in [0.25, 0.3) is 11.6 Å². The van der Waals surface area contributed by atoms with E-state index in [-0.39, 0.29) is 11.3 Å². The number of carbonyl (C=O) groups excluding carboxylic acids is 1. The molecule has 126 valence electrons. The Hall–Kier alpha value is -3.62. The van der Waals surface area contributed by atoms with E-state index >= 15 is 0 Å². The molecule has 1 N–H and O–H groups in total. The van der Waals surface area contributed by atoms with Crippen molar-refractivity contribution in [3.8, 4) is 5.82 Å². The lowest BCUT2D eigenvalue weighted by Crippen LogP contribution is -2.14. The Labute approximate surface area is 142 Å². The summed E-state index contributed by atoms with van der Waals surface area (Å²) in [7, 11) is 0. The second-order valence-electron chi connectivity index (χ2n) is 5.36. The predicted octanol–water partition coefficient (Wildman–Crippen LogP) is 2.44. The monoisotopic (exact) mass is 338 g/mol. The Bertz CT molecular complexity index is 949. The number of nitrogens with zero attached hydrogens (tertiary/aromatic N) is 5. The topological polar surface area (TPSA) is 116 Å². The van der Waals surface area contributed by atoms with Gasteiger partial charge >= 0.3 is 0 Å². The van der Waals surface area contributed by atoms with Gasteiger partial charge in [0.05, 0.1) is 10.6 Å². The van der Waals surface area contributed by atoms with Crippen LogP contribution in [0.3, 0.4) is 0 Å². The Kier molecular flexibility index (Phi) is 4.21. The van der Waals surface area contributed by atoms with E-state index in [0.717, 1.165) is 11.4 Å². The number of nitro groups is 1. The van der Waals surface area contributed by atoms with Crippen molar-refractivity contribution in [1.82, 2.24) is 19.7 Å². The summed E-state index contributed by atoms with van der Waals surface area (Å²) in [6.07, 6.45) is 1.33. The van der Waals surface area contributed by atoms with Crippen molar-refractivity contribution < 1.29 is 9.72 Å². The largest absolute Gasteiger partial charge is 0.306 e. The van der Waals surface area contributed by atoms with Crippen molar-refractivity contribution in [2.24, 2.45) is 0 Å². The Morgan fingerprint density at radius 3 is 2.48 bits per heavy atom. The van der Waals surface area contributed by atoms with Crippen LogP contribution in [-0.2, 0) is 0 Å². The van der Waals surface area contributed by atoms with E-state index in [9.17, 15) is 14.9 Å². The van der Waals surface area contributed by atoms with E-state index in [1.54, 1.807) is 10.7 Å². The molecule has 25 heavy (non-hydrogen) atoms. The van der Waals surface area contributed by atoms with Crippen molar-refractivity contribution >= 4 is 17.4 Å². The summed E-state index contributed by atoms with van der Waals surface area (Å²) in [4.78, 5) is 30.6. The van der Waals surface area contributed by atoms with Crippen LogP contribution in [0.5, 0.6) is 0 Å². The van der Waals surface area contributed by atoms with Crippen LogP contribution in [0, 0.1) is 24.0 Å². The SMILES string of the molecule is Cc1cc(C)n(-c2cc(NC(=O)c3ccc([N+](=O)[O-])cc3)ncn2)n1. The van der Waals surface area contributed by atoms with Crippen molar-refractivity contribution in [3.05, 3.63) is 69.8 Å². The predicted molar refractivity (Wildman–Crippen MR) is 89.7 cm³/mol. The molecule has 0 saturated heterocycles. The highest BCUT2D eigenvalue weighted by atomic mass is 16.6. The first-order valence-corrected chi connectivity index (χ1v) is 7.35. The molecule has 0 saturated carbocycles. The van der Waals surface area contributed by atoms with Gasteiger partial charge in [0.2, 0.25) is 0 Å². The molecule has 1 aromatic carbocycles. The summed E-state index contributed by atoms with van der Waals surface area (Å²) in [5.41, 5.74) is 1.97. The Morgan fingerprint density at radius 1 is 1.16 bits per heavy atom. The van der Waals surface area contributed by atoms with Gasteiger partial charge in [0.15, 0.2) is 5.82 Å². The minimum atomic E-state index is -0.521. The Morgan fingerprint density at radius 2 is 1.88 bits per heavy atom. The lowest BCUT2D eigenvalue weighted by atomic mass is 10.2. The first-order chi connectivity index (χ1) is 11.9. The van der Waals surface area contributed by atoms with Crippen LogP contribution in [0.2, 0.25) is 0 Å². The lowest BCUT2D eigenvalue weighted by molar-refractivity contribution is -0.384. The summed E-state index contributed by atoms with van der Waals surface area (Å²) in [5, 5.41) is 17.6. The van der Waals surface area contributed by atoms with Gasteiger partial charge in [-0.2, -0.15) is 5.10 Å². The maximum Gasteiger partial charge on any atom is 0.269 e. The Balaban J connectivity index is 1.81. The number of nitro benzene ring substituents is 1. The van der Waals surface area contributed by atoms with E-state index in [1.165, 1.54) is 30.6 Å². The standard InChI is InChI=1S/C16H14N6O3/c1-10-7-11(2)21(20-10)15-8-14(17-9-18-15)19-16(23)12-3-5-13(6-4-12)22(24)25/h3-9H,1-2H3,(H,17,18,19,23). The van der Waals surface area contributed by atoms with Gasteiger partial charge < -0.3 is 5.32 Å². The van der Waals surface area contributed by atoms with Gasteiger partial charge in [-0.15, -0.1) is 0 Å². The number of aromatic nitrogens is 4. The second kappa shape index (κ2) is 6.48. The molecule has 0 aliphatic carbocycles. The highest BCUT2D eigenvalue weighted by Crippen LogP contribution is 2.15. The lowest BCUT2D eigenvalue weighted by Gasteiger charge is -2.07. The molecule has 0 spiro atoms. The molecule has 2 heterocycles. The third kappa shape index (κ3) is 3.50. The van der Waals surface area contributed by atoms with E-state index < -0.39 is 10.8 Å². The first-order valence-electron chi connectivity index (χ1n) is 7.35. The second-order valence-corrected chi connectivity index (χ2v) is 5.36. The van der Waals surface area contributed by atoms with Gasteiger partial charge in [-0.25, -0.2) is 14.6 Å². The smallest absolute Gasteiger partial charge is 0.269 e. The van der Waals surface area contributed by atoms with Crippen LogP contribution in [0.25, 0.3) is 5.82 Å². The van der Waals surface area contributed by atoms with Gasteiger partial charge in [-0.3, -0.25) is 14.9 Å². The molecule has 2 aromatic heterocycles. The molecule has 0 aliphatic heterocycles. The van der Waals surface area contributed by atoms with Crippen LogP contribution in [0.4, 0.5) is 11.5 Å². The zero-order chi connectivity index (χ0) is 18.0. The van der Waals surface area contributed by atoms with Gasteiger partial charge in [0.1, 0.15) is 12.1 Å². The van der Waals surface area contributed by atoms with Crippen molar-refractivity contribution in [3.63, 3.8) is 0 Å². The molecule has 0 aliphatic rings. The first kappa shape index (κ1) is 16.2. The number of hydrogen-bond donors (Lipinski definition) is 1. The molecule has 0 radical (unpaired) electrons. The summed E-state index contributed by atoms with van der Waals surface area (Å²) < 4.78 is 1.65. The summed E-state index contributed by atoms with van der Waals surface area (Å²) in [6, 6.07) is 8.83. The summed E-state index contributed by atoms with van der Waals surface area (Å²) >= 11 is 0. The van der Waals surface area contributed by atoms with Crippen molar-refractivity contribution in [2.75, 3.05) is 5.32 Å². The average Bonchev–Trinajstić information content (AvgIpc) is 2.93. The van der Waals surface area contributed by atoms with Gasteiger partial charge in [-0.1, -0.05) is 0 Å². The normalized spacial score (nSPS) is 10.5. The number of nitrogens with one attached hydrogen (secondary N) is 1. The van der Waals surface area contributed by atoms with Crippen molar-refractivity contribution in [2.45, 2.75) is 13.8 Å². The third-order valence-corrected chi connectivity index (χ3v) is 3.46. The molecule has 0 unspecified atom stereocenters. The average molecular weight is 338 g/mol. The molecule has 3 rings (SSSR count). The minimum absolute atomic E-state index is 0.0783. The number of carbonyl (C=O) groups is 1.